The first-order chi connectivity index (χ1) is 12.8. The van der Waals surface area contributed by atoms with Gasteiger partial charge in [-0.25, -0.2) is 9.97 Å². The van der Waals surface area contributed by atoms with Gasteiger partial charge in [-0.05, 0) is 20.8 Å². The number of hydrogen-bond donors (Lipinski definition) is 0. The molecule has 146 valence electrons. The number of ether oxygens (including phenoxy) is 2. The van der Waals surface area contributed by atoms with E-state index >= 15 is 0 Å². The van der Waals surface area contributed by atoms with Crippen molar-refractivity contribution in [2.75, 3.05) is 26.3 Å². The van der Waals surface area contributed by atoms with Gasteiger partial charge in [0, 0.05) is 24.2 Å². The third kappa shape index (κ3) is 4.81. The molecule has 0 aromatic carbocycles. The summed E-state index contributed by atoms with van der Waals surface area (Å²) in [6.45, 7) is 11.7. The number of carbonyl (C=O) groups is 1. The fraction of sp³-hybridized carbons (Fsp3) is 0.579. The quantitative estimate of drug-likeness (QED) is 0.781. The molecule has 0 spiro atoms. The van der Waals surface area contributed by atoms with Crippen LogP contribution in [0.1, 0.15) is 51.7 Å². The van der Waals surface area contributed by atoms with E-state index < -0.39 is 0 Å². The van der Waals surface area contributed by atoms with Crippen LogP contribution in [0.5, 0.6) is 5.88 Å². The van der Waals surface area contributed by atoms with Crippen molar-refractivity contribution in [2.24, 2.45) is 0 Å². The zero-order valence-electron chi connectivity index (χ0n) is 16.5. The van der Waals surface area contributed by atoms with Gasteiger partial charge in [-0.2, -0.15) is 4.98 Å². The van der Waals surface area contributed by atoms with Crippen LogP contribution in [-0.4, -0.2) is 58.2 Å². The van der Waals surface area contributed by atoms with Crippen LogP contribution in [-0.2, 0) is 4.74 Å². The molecule has 1 saturated heterocycles. The number of aromatic nitrogens is 3. The SMILES string of the molecule is Cc1cc(OCC2CN(C(=O)c3sc(C)nc3C)CCO2)nc(C(C)C)n1. The molecule has 1 aliphatic heterocycles. The minimum atomic E-state index is -0.185. The molecule has 1 fully saturated rings. The van der Waals surface area contributed by atoms with E-state index in [1.54, 1.807) is 0 Å². The third-order valence-electron chi connectivity index (χ3n) is 4.31. The molecule has 0 aliphatic carbocycles. The van der Waals surface area contributed by atoms with Gasteiger partial charge in [0.05, 0.1) is 23.9 Å². The van der Waals surface area contributed by atoms with Crippen molar-refractivity contribution < 1.29 is 14.3 Å². The maximum atomic E-state index is 12.8. The number of rotatable bonds is 5. The summed E-state index contributed by atoms with van der Waals surface area (Å²) in [5.74, 6) is 1.57. The highest BCUT2D eigenvalue weighted by Crippen LogP contribution is 2.21. The van der Waals surface area contributed by atoms with Crippen molar-refractivity contribution in [1.29, 1.82) is 0 Å². The normalized spacial score (nSPS) is 17.4. The summed E-state index contributed by atoms with van der Waals surface area (Å²) in [5.41, 5.74) is 1.67. The van der Waals surface area contributed by atoms with E-state index in [4.69, 9.17) is 9.47 Å². The molecule has 0 radical (unpaired) electrons. The second-order valence-corrected chi connectivity index (χ2v) is 8.27. The first-order valence-corrected chi connectivity index (χ1v) is 9.98. The number of morpholine rings is 1. The molecule has 2 aromatic rings. The molecule has 27 heavy (non-hydrogen) atoms. The Kier molecular flexibility index (Phi) is 6.06. The lowest BCUT2D eigenvalue weighted by molar-refractivity contribution is -0.0406. The second-order valence-electron chi connectivity index (χ2n) is 7.06. The number of aryl methyl sites for hydroxylation is 3. The van der Waals surface area contributed by atoms with Crippen molar-refractivity contribution in [3.05, 3.63) is 33.2 Å². The smallest absolute Gasteiger partial charge is 0.266 e. The Labute approximate surface area is 163 Å². The van der Waals surface area contributed by atoms with E-state index in [1.165, 1.54) is 11.3 Å². The maximum absolute atomic E-state index is 12.8. The van der Waals surface area contributed by atoms with Crippen LogP contribution < -0.4 is 4.74 Å². The van der Waals surface area contributed by atoms with E-state index in [1.807, 2.05) is 31.7 Å². The van der Waals surface area contributed by atoms with Crippen LogP contribution in [0.3, 0.4) is 0 Å². The molecule has 1 unspecified atom stereocenters. The summed E-state index contributed by atoms with van der Waals surface area (Å²) < 4.78 is 11.6. The zero-order chi connectivity index (χ0) is 19.6. The van der Waals surface area contributed by atoms with Crippen LogP contribution in [0.15, 0.2) is 6.07 Å². The van der Waals surface area contributed by atoms with Gasteiger partial charge in [0.1, 0.15) is 23.4 Å². The van der Waals surface area contributed by atoms with Gasteiger partial charge in [0.2, 0.25) is 5.88 Å². The average molecular weight is 391 g/mol. The first kappa shape index (κ1) is 19.7. The Balaban J connectivity index is 1.62. The van der Waals surface area contributed by atoms with Crippen molar-refractivity contribution in [2.45, 2.75) is 46.6 Å². The molecule has 2 aromatic heterocycles. The van der Waals surface area contributed by atoms with E-state index in [0.717, 1.165) is 22.2 Å². The fourth-order valence-electron chi connectivity index (χ4n) is 2.95. The van der Waals surface area contributed by atoms with Gasteiger partial charge in [-0.15, -0.1) is 11.3 Å². The van der Waals surface area contributed by atoms with Gasteiger partial charge < -0.3 is 14.4 Å². The lowest BCUT2D eigenvalue weighted by atomic mass is 10.2. The number of nitrogens with zero attached hydrogens (tertiary/aromatic N) is 4. The van der Waals surface area contributed by atoms with Crippen LogP contribution in [0, 0.1) is 20.8 Å². The Bertz CT molecular complexity index is 821. The van der Waals surface area contributed by atoms with Gasteiger partial charge in [0.25, 0.3) is 5.91 Å². The molecule has 1 atom stereocenters. The molecule has 1 amide bonds. The minimum absolute atomic E-state index is 0.0198. The Morgan fingerprint density at radius 3 is 2.78 bits per heavy atom. The topological polar surface area (TPSA) is 77.4 Å². The Hall–Kier alpha value is -2.06. The van der Waals surface area contributed by atoms with Crippen LogP contribution in [0.2, 0.25) is 0 Å². The largest absolute Gasteiger partial charge is 0.475 e. The fourth-order valence-corrected chi connectivity index (χ4v) is 3.84. The second kappa shape index (κ2) is 8.31. The van der Waals surface area contributed by atoms with E-state index in [2.05, 4.69) is 28.8 Å². The minimum Gasteiger partial charge on any atom is -0.475 e. The number of amides is 1. The highest BCUT2D eigenvalue weighted by Gasteiger charge is 2.28. The molecule has 8 heteroatoms. The molecule has 3 rings (SSSR count). The lowest BCUT2D eigenvalue weighted by Crippen LogP contribution is -2.47. The van der Waals surface area contributed by atoms with E-state index in [9.17, 15) is 4.79 Å². The maximum Gasteiger partial charge on any atom is 0.266 e. The van der Waals surface area contributed by atoms with Gasteiger partial charge in [0.15, 0.2) is 0 Å². The standard InChI is InChI=1S/C19H26N4O3S/c1-11(2)18-20-12(3)8-16(22-18)26-10-15-9-23(6-7-25-15)19(24)17-13(4)21-14(5)27-17/h8,11,15H,6-7,9-10H2,1-5H3. The highest BCUT2D eigenvalue weighted by atomic mass is 32.1. The summed E-state index contributed by atoms with van der Waals surface area (Å²) >= 11 is 1.44. The van der Waals surface area contributed by atoms with Crippen LogP contribution in [0.4, 0.5) is 0 Å². The molecule has 0 bridgehead atoms. The molecule has 0 saturated carbocycles. The first-order valence-electron chi connectivity index (χ1n) is 9.16. The van der Waals surface area contributed by atoms with Crippen molar-refractivity contribution in [3.63, 3.8) is 0 Å². The van der Waals surface area contributed by atoms with Gasteiger partial charge in [-0.3, -0.25) is 4.79 Å². The Morgan fingerprint density at radius 2 is 2.11 bits per heavy atom. The summed E-state index contributed by atoms with van der Waals surface area (Å²) in [5, 5.41) is 0.907. The highest BCUT2D eigenvalue weighted by molar-refractivity contribution is 7.13. The summed E-state index contributed by atoms with van der Waals surface area (Å²) in [7, 11) is 0. The predicted molar refractivity (Wildman–Crippen MR) is 104 cm³/mol. The number of carbonyl (C=O) groups excluding carboxylic acids is 1. The molecule has 0 N–H and O–H groups in total. The zero-order valence-corrected chi connectivity index (χ0v) is 17.3. The van der Waals surface area contributed by atoms with Crippen molar-refractivity contribution in [1.82, 2.24) is 19.9 Å². The molecule has 7 nitrogen and oxygen atoms in total. The molecular formula is C19H26N4O3S. The summed E-state index contributed by atoms with van der Waals surface area (Å²) in [4.78, 5) is 28.6. The molecule has 1 aliphatic rings. The Morgan fingerprint density at radius 1 is 1.33 bits per heavy atom. The third-order valence-corrected chi connectivity index (χ3v) is 5.37. The summed E-state index contributed by atoms with van der Waals surface area (Å²) in [6, 6.07) is 1.82. The lowest BCUT2D eigenvalue weighted by Gasteiger charge is -2.32. The number of thiazole rings is 1. The molecular weight excluding hydrogens is 364 g/mol. The monoisotopic (exact) mass is 390 g/mol. The van der Waals surface area contributed by atoms with Crippen LogP contribution >= 0.6 is 11.3 Å². The summed E-state index contributed by atoms with van der Waals surface area (Å²) in [6.07, 6.45) is -0.185. The van der Waals surface area contributed by atoms with Crippen molar-refractivity contribution >= 4 is 17.2 Å². The van der Waals surface area contributed by atoms with Gasteiger partial charge >= 0.3 is 0 Å². The van der Waals surface area contributed by atoms with E-state index in [-0.39, 0.29) is 17.9 Å². The van der Waals surface area contributed by atoms with Gasteiger partial charge in [-0.1, -0.05) is 13.8 Å². The van der Waals surface area contributed by atoms with Crippen LogP contribution in [0.25, 0.3) is 0 Å². The number of hydrogen-bond acceptors (Lipinski definition) is 7. The molecule has 3 heterocycles. The van der Waals surface area contributed by atoms with Crippen molar-refractivity contribution in [3.8, 4) is 5.88 Å². The van der Waals surface area contributed by atoms with E-state index in [0.29, 0.717) is 37.1 Å². The average Bonchev–Trinajstić information content (AvgIpc) is 2.97. The predicted octanol–water partition coefficient (Wildman–Crippen LogP) is 2.90.